The van der Waals surface area contributed by atoms with Crippen molar-refractivity contribution in [1.82, 2.24) is 4.31 Å². The predicted octanol–water partition coefficient (Wildman–Crippen LogP) is 2.25. The first kappa shape index (κ1) is 16.3. The molecule has 0 heterocycles. The Morgan fingerprint density at radius 2 is 1.70 bits per heavy atom. The van der Waals surface area contributed by atoms with Crippen LogP contribution in [0.5, 0.6) is 5.75 Å². The van der Waals surface area contributed by atoms with E-state index in [4.69, 9.17) is 9.47 Å². The number of hydrogen-bond acceptors (Lipinski definition) is 5. The molecule has 0 spiro atoms. The van der Waals surface area contributed by atoms with Crippen molar-refractivity contribution in [3.8, 4) is 5.75 Å². The number of hydrogen-bond donors (Lipinski definition) is 0. The van der Waals surface area contributed by atoms with Gasteiger partial charge in [-0.1, -0.05) is 0 Å². The molecule has 112 valence electrons. The van der Waals surface area contributed by atoms with Crippen molar-refractivity contribution in [2.24, 2.45) is 0 Å². The smallest absolute Gasteiger partial charge is 0.423 e. The maximum atomic E-state index is 12.3. The van der Waals surface area contributed by atoms with E-state index >= 15 is 0 Å². The van der Waals surface area contributed by atoms with Crippen LogP contribution in [0, 0.1) is 0 Å². The molecule has 0 saturated heterocycles. The Labute approximate surface area is 119 Å². The average molecular weight is 301 g/mol. The zero-order valence-corrected chi connectivity index (χ0v) is 12.6. The molecule has 0 aromatic heterocycles. The first-order valence-corrected chi connectivity index (χ1v) is 7.83. The second-order valence-electron chi connectivity index (χ2n) is 3.77. The Balaban J connectivity index is 3.04. The maximum Gasteiger partial charge on any atom is 0.423 e. The third-order valence-corrected chi connectivity index (χ3v) is 4.34. The van der Waals surface area contributed by atoms with E-state index in [2.05, 4.69) is 0 Å². The van der Waals surface area contributed by atoms with E-state index in [9.17, 15) is 13.2 Å². The number of rotatable bonds is 6. The maximum absolute atomic E-state index is 12.3. The zero-order valence-electron chi connectivity index (χ0n) is 11.8. The van der Waals surface area contributed by atoms with Gasteiger partial charge >= 0.3 is 6.09 Å². The molecule has 0 bridgehead atoms. The summed E-state index contributed by atoms with van der Waals surface area (Å²) in [7, 11) is -3.90. The summed E-state index contributed by atoms with van der Waals surface area (Å²) < 4.78 is 35.4. The Kier molecular flexibility index (Phi) is 5.82. The van der Waals surface area contributed by atoms with Gasteiger partial charge in [-0.3, -0.25) is 0 Å². The van der Waals surface area contributed by atoms with E-state index in [0.29, 0.717) is 16.7 Å². The molecule has 1 aromatic carbocycles. The second-order valence-corrected chi connectivity index (χ2v) is 5.64. The summed E-state index contributed by atoms with van der Waals surface area (Å²) in [6.07, 6.45) is -0.871. The third-order valence-electron chi connectivity index (χ3n) is 2.48. The Hall–Kier alpha value is -1.76. The first-order valence-electron chi connectivity index (χ1n) is 6.39. The number of sulfonamides is 1. The lowest BCUT2D eigenvalue weighted by Crippen LogP contribution is -2.37. The van der Waals surface area contributed by atoms with Crippen molar-refractivity contribution in [3.05, 3.63) is 24.3 Å². The number of carbonyl (C=O) groups is 1. The Morgan fingerprint density at radius 1 is 1.10 bits per heavy atom. The van der Waals surface area contributed by atoms with Crippen molar-refractivity contribution in [3.63, 3.8) is 0 Å². The van der Waals surface area contributed by atoms with E-state index in [1.807, 2.05) is 6.92 Å². The van der Waals surface area contributed by atoms with E-state index in [1.54, 1.807) is 26.0 Å². The van der Waals surface area contributed by atoms with Crippen LogP contribution in [0.1, 0.15) is 20.8 Å². The molecule has 1 aromatic rings. The molecule has 0 fully saturated rings. The molecular weight excluding hydrogens is 282 g/mol. The van der Waals surface area contributed by atoms with Crippen LogP contribution in [-0.4, -0.2) is 38.6 Å². The van der Waals surface area contributed by atoms with Gasteiger partial charge in [0.1, 0.15) is 5.75 Å². The molecule has 0 unspecified atom stereocenters. The first-order chi connectivity index (χ1) is 9.47. The summed E-state index contributed by atoms with van der Waals surface area (Å²) in [5.41, 5.74) is 0. The standard InChI is InChI=1S/C13H19NO5S/c1-4-14(13(15)19-6-3)20(16,17)12-9-7-11(8-10-12)18-5-2/h7-10H,4-6H2,1-3H3. The van der Waals surface area contributed by atoms with Crippen molar-refractivity contribution >= 4 is 16.1 Å². The second kappa shape index (κ2) is 7.14. The van der Waals surface area contributed by atoms with Crippen LogP contribution in [0.25, 0.3) is 0 Å². The van der Waals surface area contributed by atoms with Gasteiger partial charge in [0.2, 0.25) is 0 Å². The summed E-state index contributed by atoms with van der Waals surface area (Å²) in [5.74, 6) is 0.575. The molecule has 6 nitrogen and oxygen atoms in total. The fraction of sp³-hybridized carbons (Fsp3) is 0.462. The molecule has 1 amide bonds. The topological polar surface area (TPSA) is 72.9 Å². The lowest BCUT2D eigenvalue weighted by Gasteiger charge is -2.20. The van der Waals surface area contributed by atoms with Gasteiger partial charge in [0.15, 0.2) is 0 Å². The van der Waals surface area contributed by atoms with Crippen LogP contribution >= 0.6 is 0 Å². The number of ether oxygens (including phenoxy) is 2. The van der Waals surface area contributed by atoms with Crippen molar-refractivity contribution in [1.29, 1.82) is 0 Å². The molecule has 0 aliphatic rings. The minimum atomic E-state index is -3.90. The fourth-order valence-electron chi connectivity index (χ4n) is 1.59. The average Bonchev–Trinajstić information content (AvgIpc) is 2.40. The van der Waals surface area contributed by atoms with Gasteiger partial charge in [-0.25, -0.2) is 17.5 Å². The molecule has 1 rings (SSSR count). The highest BCUT2D eigenvalue weighted by Crippen LogP contribution is 2.20. The zero-order chi connectivity index (χ0) is 15.2. The summed E-state index contributed by atoms with van der Waals surface area (Å²) in [6.45, 7) is 5.65. The number of carbonyl (C=O) groups excluding carboxylic acids is 1. The summed E-state index contributed by atoms with van der Waals surface area (Å²) in [4.78, 5) is 11.7. The molecule has 0 aliphatic carbocycles. The van der Waals surface area contributed by atoms with E-state index in [0.717, 1.165) is 0 Å². The van der Waals surface area contributed by atoms with E-state index in [-0.39, 0.29) is 18.0 Å². The largest absolute Gasteiger partial charge is 0.494 e. The molecule has 0 N–H and O–H groups in total. The molecule has 7 heteroatoms. The van der Waals surface area contributed by atoms with Crippen LogP contribution in [0.2, 0.25) is 0 Å². The highest BCUT2D eigenvalue weighted by molar-refractivity contribution is 7.89. The highest BCUT2D eigenvalue weighted by Gasteiger charge is 2.28. The lowest BCUT2D eigenvalue weighted by atomic mass is 10.3. The molecule has 0 saturated carbocycles. The van der Waals surface area contributed by atoms with Crippen LogP contribution in [0.15, 0.2) is 29.2 Å². The monoisotopic (exact) mass is 301 g/mol. The molecule has 0 atom stereocenters. The van der Waals surface area contributed by atoms with E-state index < -0.39 is 16.1 Å². The summed E-state index contributed by atoms with van der Waals surface area (Å²) in [5, 5.41) is 0. The van der Waals surface area contributed by atoms with Gasteiger partial charge < -0.3 is 9.47 Å². The third kappa shape index (κ3) is 3.63. The van der Waals surface area contributed by atoms with Crippen LogP contribution < -0.4 is 4.74 Å². The van der Waals surface area contributed by atoms with Crippen LogP contribution in [0.3, 0.4) is 0 Å². The number of amides is 1. The van der Waals surface area contributed by atoms with Crippen molar-refractivity contribution in [2.75, 3.05) is 19.8 Å². The minimum absolute atomic E-state index is 0.00831. The highest BCUT2D eigenvalue weighted by atomic mass is 32.2. The SMILES string of the molecule is CCOC(=O)N(CC)S(=O)(=O)c1ccc(OCC)cc1. The fourth-order valence-corrected chi connectivity index (χ4v) is 2.92. The molecule has 0 radical (unpaired) electrons. The molecule has 20 heavy (non-hydrogen) atoms. The number of nitrogens with zero attached hydrogens (tertiary/aromatic N) is 1. The lowest BCUT2D eigenvalue weighted by molar-refractivity contribution is 0.132. The molecule has 0 aliphatic heterocycles. The van der Waals surface area contributed by atoms with Gasteiger partial charge in [-0.05, 0) is 45.0 Å². The van der Waals surface area contributed by atoms with Gasteiger partial charge in [0.05, 0.1) is 18.1 Å². The Bertz CT molecular complexity index is 538. The summed E-state index contributed by atoms with van der Waals surface area (Å²) >= 11 is 0. The summed E-state index contributed by atoms with van der Waals surface area (Å²) in [6, 6.07) is 5.91. The van der Waals surface area contributed by atoms with Crippen LogP contribution in [-0.2, 0) is 14.8 Å². The minimum Gasteiger partial charge on any atom is -0.494 e. The Morgan fingerprint density at radius 3 is 2.15 bits per heavy atom. The van der Waals surface area contributed by atoms with Crippen LogP contribution in [0.4, 0.5) is 4.79 Å². The number of benzene rings is 1. The van der Waals surface area contributed by atoms with Gasteiger partial charge in [-0.15, -0.1) is 0 Å². The van der Waals surface area contributed by atoms with Gasteiger partial charge in [0.25, 0.3) is 10.0 Å². The van der Waals surface area contributed by atoms with Gasteiger partial charge in [-0.2, -0.15) is 0 Å². The van der Waals surface area contributed by atoms with Crippen molar-refractivity contribution < 1.29 is 22.7 Å². The van der Waals surface area contributed by atoms with E-state index in [1.165, 1.54) is 12.1 Å². The molecular formula is C13H19NO5S. The van der Waals surface area contributed by atoms with Gasteiger partial charge in [0, 0.05) is 6.54 Å². The van der Waals surface area contributed by atoms with Crippen molar-refractivity contribution in [2.45, 2.75) is 25.7 Å². The quantitative estimate of drug-likeness (QED) is 0.805. The predicted molar refractivity (Wildman–Crippen MR) is 74.2 cm³/mol. The normalized spacial score (nSPS) is 10.9.